The van der Waals surface area contributed by atoms with Crippen LogP contribution in [0, 0.1) is 5.92 Å². The molecule has 1 aromatic carbocycles. The van der Waals surface area contributed by atoms with Gasteiger partial charge in [-0.3, -0.25) is 0 Å². The minimum atomic E-state index is -0.179. The number of amides is 2. The fraction of sp³-hybridized carbons (Fsp3) is 0.438. The van der Waals surface area contributed by atoms with Gasteiger partial charge in [-0.1, -0.05) is 35.3 Å². The van der Waals surface area contributed by atoms with E-state index in [4.69, 9.17) is 28.3 Å². The number of carbonyl (C=O) groups is 1. The number of benzene rings is 1. The predicted octanol–water partition coefficient (Wildman–Crippen LogP) is 3.29. The van der Waals surface area contributed by atoms with Gasteiger partial charge in [-0.05, 0) is 36.0 Å². The van der Waals surface area contributed by atoms with Crippen molar-refractivity contribution < 1.29 is 9.90 Å². The molecule has 2 rings (SSSR count). The summed E-state index contributed by atoms with van der Waals surface area (Å²) in [4.78, 5) is 13.5. The zero-order chi connectivity index (χ0) is 16.1. The number of nitrogens with zero attached hydrogens (tertiary/aromatic N) is 1. The minimum absolute atomic E-state index is 0.0618. The van der Waals surface area contributed by atoms with Gasteiger partial charge < -0.3 is 15.3 Å². The van der Waals surface area contributed by atoms with Crippen LogP contribution < -0.4 is 5.32 Å². The van der Waals surface area contributed by atoms with E-state index in [-0.39, 0.29) is 12.6 Å². The van der Waals surface area contributed by atoms with E-state index in [2.05, 4.69) is 11.9 Å². The molecule has 120 valence electrons. The zero-order valence-corrected chi connectivity index (χ0v) is 13.8. The summed E-state index contributed by atoms with van der Waals surface area (Å²) in [5.74, 6) is 0.762. The number of hydrogen-bond donors (Lipinski definition) is 2. The van der Waals surface area contributed by atoms with Crippen LogP contribution in [-0.2, 0) is 0 Å². The van der Waals surface area contributed by atoms with Crippen LogP contribution in [0.1, 0.15) is 17.9 Å². The highest BCUT2D eigenvalue weighted by molar-refractivity contribution is 6.35. The maximum Gasteiger partial charge on any atom is 0.317 e. The Bertz CT molecular complexity index is 551. The van der Waals surface area contributed by atoms with Gasteiger partial charge in [0.2, 0.25) is 0 Å². The van der Waals surface area contributed by atoms with Crippen molar-refractivity contribution in [1.82, 2.24) is 10.2 Å². The van der Waals surface area contributed by atoms with Crippen molar-refractivity contribution in [3.05, 3.63) is 46.5 Å². The summed E-state index contributed by atoms with van der Waals surface area (Å²) in [6.45, 7) is 4.87. The zero-order valence-electron chi connectivity index (χ0n) is 12.3. The first-order valence-electron chi connectivity index (χ1n) is 7.26. The lowest BCUT2D eigenvalue weighted by atomic mass is 10.1. The van der Waals surface area contributed by atoms with E-state index >= 15 is 0 Å². The number of aliphatic hydroxyl groups is 1. The molecule has 2 amide bonds. The molecule has 1 saturated carbocycles. The number of carbonyl (C=O) groups excluding carboxylic acids is 1. The van der Waals surface area contributed by atoms with Gasteiger partial charge in [0.25, 0.3) is 0 Å². The fourth-order valence-corrected chi connectivity index (χ4v) is 3.09. The van der Waals surface area contributed by atoms with E-state index in [0.29, 0.717) is 41.5 Å². The molecule has 0 bridgehead atoms. The fourth-order valence-electron chi connectivity index (χ4n) is 2.54. The summed E-state index contributed by atoms with van der Waals surface area (Å²) in [6.07, 6.45) is 2.64. The highest BCUT2D eigenvalue weighted by atomic mass is 35.5. The Hall–Kier alpha value is -1.23. The first kappa shape index (κ1) is 17.1. The maximum atomic E-state index is 12.0. The third-order valence-corrected chi connectivity index (χ3v) is 4.37. The molecule has 2 unspecified atom stereocenters. The van der Waals surface area contributed by atoms with Crippen molar-refractivity contribution in [1.29, 1.82) is 0 Å². The van der Waals surface area contributed by atoms with Gasteiger partial charge in [0.15, 0.2) is 0 Å². The Morgan fingerprint density at radius 1 is 1.50 bits per heavy atom. The quantitative estimate of drug-likeness (QED) is 0.747. The average Bonchev–Trinajstić information content (AvgIpc) is 3.24. The second kappa shape index (κ2) is 7.86. The number of halogens is 2. The Kier molecular flexibility index (Phi) is 6.12. The smallest absolute Gasteiger partial charge is 0.317 e. The molecule has 0 radical (unpaired) electrons. The van der Waals surface area contributed by atoms with E-state index in [0.717, 1.165) is 12.0 Å². The van der Waals surface area contributed by atoms with Crippen molar-refractivity contribution in [2.45, 2.75) is 12.3 Å². The monoisotopic (exact) mass is 342 g/mol. The first-order chi connectivity index (χ1) is 10.6. The van der Waals surface area contributed by atoms with Crippen molar-refractivity contribution in [2.75, 3.05) is 26.2 Å². The lowest BCUT2D eigenvalue weighted by molar-refractivity contribution is 0.183. The standard InChI is InChI=1S/C16H20Cl2N2O2/c1-2-5-20(6-7-21)16(22)19-10-11-8-14(11)13-4-3-12(17)9-15(13)18/h2-4,9,11,14,21H,1,5-8,10H2,(H,19,22). The predicted molar refractivity (Wildman–Crippen MR) is 89.6 cm³/mol. The number of urea groups is 1. The summed E-state index contributed by atoms with van der Waals surface area (Å²) in [7, 11) is 0. The molecule has 2 N–H and O–H groups in total. The molecule has 6 heteroatoms. The Morgan fingerprint density at radius 2 is 2.27 bits per heavy atom. The molecule has 0 saturated heterocycles. The minimum Gasteiger partial charge on any atom is -0.395 e. The summed E-state index contributed by atoms with van der Waals surface area (Å²) in [5, 5.41) is 13.2. The topological polar surface area (TPSA) is 52.6 Å². The van der Waals surface area contributed by atoms with Crippen LogP contribution in [0.3, 0.4) is 0 Å². The van der Waals surface area contributed by atoms with Crippen LogP contribution in [0.4, 0.5) is 4.79 Å². The van der Waals surface area contributed by atoms with Crippen molar-refractivity contribution in [3.8, 4) is 0 Å². The van der Waals surface area contributed by atoms with Gasteiger partial charge in [0.1, 0.15) is 0 Å². The van der Waals surface area contributed by atoms with Crippen LogP contribution in [0.5, 0.6) is 0 Å². The highest BCUT2D eigenvalue weighted by Gasteiger charge is 2.39. The summed E-state index contributed by atoms with van der Waals surface area (Å²) in [6, 6.07) is 5.36. The number of hydrogen-bond acceptors (Lipinski definition) is 2. The van der Waals surface area contributed by atoms with Gasteiger partial charge >= 0.3 is 6.03 Å². The number of nitrogens with one attached hydrogen (secondary N) is 1. The SMILES string of the molecule is C=CCN(CCO)C(=O)NCC1CC1c1ccc(Cl)cc1Cl. The van der Waals surface area contributed by atoms with Gasteiger partial charge in [0.05, 0.1) is 6.61 Å². The second-order valence-electron chi connectivity index (χ2n) is 5.41. The molecule has 0 aliphatic heterocycles. The molecular formula is C16H20Cl2N2O2. The van der Waals surface area contributed by atoms with Crippen LogP contribution in [-0.4, -0.2) is 42.3 Å². The Morgan fingerprint density at radius 3 is 2.91 bits per heavy atom. The van der Waals surface area contributed by atoms with Crippen LogP contribution in [0.25, 0.3) is 0 Å². The average molecular weight is 343 g/mol. The van der Waals surface area contributed by atoms with E-state index in [1.165, 1.54) is 4.90 Å². The van der Waals surface area contributed by atoms with Gasteiger partial charge in [-0.15, -0.1) is 6.58 Å². The van der Waals surface area contributed by atoms with Crippen molar-refractivity contribution in [2.24, 2.45) is 5.92 Å². The number of aliphatic hydroxyl groups excluding tert-OH is 1. The van der Waals surface area contributed by atoms with E-state index in [1.54, 1.807) is 12.1 Å². The summed E-state index contributed by atoms with van der Waals surface area (Å²) >= 11 is 12.1. The van der Waals surface area contributed by atoms with Crippen LogP contribution >= 0.6 is 23.2 Å². The lowest BCUT2D eigenvalue weighted by Gasteiger charge is -2.20. The van der Waals surface area contributed by atoms with E-state index in [1.807, 2.05) is 12.1 Å². The molecule has 0 heterocycles. The molecule has 1 aromatic rings. The molecule has 2 atom stereocenters. The van der Waals surface area contributed by atoms with Crippen molar-refractivity contribution >= 4 is 29.2 Å². The molecule has 4 nitrogen and oxygen atoms in total. The van der Waals surface area contributed by atoms with E-state index < -0.39 is 0 Å². The first-order valence-corrected chi connectivity index (χ1v) is 8.02. The molecular weight excluding hydrogens is 323 g/mol. The van der Waals surface area contributed by atoms with Crippen molar-refractivity contribution in [3.63, 3.8) is 0 Å². The third kappa shape index (κ3) is 4.38. The molecule has 1 fully saturated rings. The summed E-state index contributed by atoms with van der Waals surface area (Å²) < 4.78 is 0. The molecule has 22 heavy (non-hydrogen) atoms. The second-order valence-corrected chi connectivity index (χ2v) is 6.26. The largest absolute Gasteiger partial charge is 0.395 e. The van der Waals surface area contributed by atoms with Crippen LogP contribution in [0.15, 0.2) is 30.9 Å². The normalized spacial score (nSPS) is 19.6. The molecule has 1 aliphatic rings. The molecule has 1 aliphatic carbocycles. The number of rotatable bonds is 7. The third-order valence-electron chi connectivity index (χ3n) is 3.81. The maximum absolute atomic E-state index is 12.0. The highest BCUT2D eigenvalue weighted by Crippen LogP contribution is 2.49. The lowest BCUT2D eigenvalue weighted by Crippen LogP contribution is -2.42. The van der Waals surface area contributed by atoms with Crippen LogP contribution in [0.2, 0.25) is 10.0 Å². The Labute approximate surface area is 140 Å². The van der Waals surface area contributed by atoms with Gasteiger partial charge in [-0.2, -0.15) is 0 Å². The molecule has 0 spiro atoms. The Balaban J connectivity index is 1.84. The van der Waals surface area contributed by atoms with Gasteiger partial charge in [-0.25, -0.2) is 4.79 Å². The van der Waals surface area contributed by atoms with Gasteiger partial charge in [0, 0.05) is 29.7 Å². The molecule has 0 aromatic heterocycles. The summed E-state index contributed by atoms with van der Waals surface area (Å²) in [5.41, 5.74) is 1.09. The van der Waals surface area contributed by atoms with E-state index in [9.17, 15) is 4.79 Å².